The van der Waals surface area contributed by atoms with E-state index in [0.29, 0.717) is 0 Å². The van der Waals surface area contributed by atoms with Gasteiger partial charge in [0.2, 0.25) is 0 Å². The molecule has 3 rings (SSSR count). The van der Waals surface area contributed by atoms with Crippen molar-refractivity contribution in [1.82, 2.24) is 20.1 Å². The topological polar surface area (TPSA) is 42.7 Å². The molecular formula is C19H22N4. The summed E-state index contributed by atoms with van der Waals surface area (Å²) in [6.07, 6.45) is 3.34. The first-order chi connectivity index (χ1) is 11.2. The van der Waals surface area contributed by atoms with Gasteiger partial charge in [-0.1, -0.05) is 48.5 Å². The van der Waals surface area contributed by atoms with Gasteiger partial charge >= 0.3 is 0 Å². The van der Waals surface area contributed by atoms with Gasteiger partial charge < -0.3 is 5.32 Å². The van der Waals surface area contributed by atoms with Crippen molar-refractivity contribution in [3.8, 4) is 0 Å². The minimum atomic E-state index is 0.192. The third-order valence-corrected chi connectivity index (χ3v) is 4.29. The molecular weight excluding hydrogens is 284 g/mol. The van der Waals surface area contributed by atoms with E-state index in [1.165, 1.54) is 22.3 Å². The highest BCUT2D eigenvalue weighted by Gasteiger charge is 2.13. The molecule has 0 saturated heterocycles. The highest BCUT2D eigenvalue weighted by Crippen LogP contribution is 2.17. The highest BCUT2D eigenvalue weighted by molar-refractivity contribution is 5.33. The molecule has 118 valence electrons. The van der Waals surface area contributed by atoms with E-state index in [2.05, 4.69) is 71.7 Å². The van der Waals surface area contributed by atoms with Crippen molar-refractivity contribution in [2.45, 2.75) is 33.0 Å². The van der Waals surface area contributed by atoms with Crippen LogP contribution < -0.4 is 5.32 Å². The monoisotopic (exact) mass is 306 g/mol. The van der Waals surface area contributed by atoms with Gasteiger partial charge in [0.05, 0.1) is 12.6 Å². The Hall–Kier alpha value is -2.46. The molecule has 0 bridgehead atoms. The van der Waals surface area contributed by atoms with E-state index in [0.717, 1.165) is 13.1 Å². The molecule has 1 unspecified atom stereocenters. The van der Waals surface area contributed by atoms with Crippen molar-refractivity contribution < 1.29 is 0 Å². The second-order valence-electron chi connectivity index (χ2n) is 5.82. The lowest BCUT2D eigenvalue weighted by atomic mass is 10.0. The Balaban J connectivity index is 1.77. The van der Waals surface area contributed by atoms with Crippen molar-refractivity contribution >= 4 is 0 Å². The van der Waals surface area contributed by atoms with E-state index in [9.17, 15) is 0 Å². The molecule has 23 heavy (non-hydrogen) atoms. The summed E-state index contributed by atoms with van der Waals surface area (Å²) in [4.78, 5) is 4.04. The Kier molecular flexibility index (Phi) is 4.83. The Morgan fingerprint density at radius 1 is 1.04 bits per heavy atom. The van der Waals surface area contributed by atoms with Gasteiger partial charge in [0.1, 0.15) is 12.7 Å². The number of rotatable bonds is 6. The van der Waals surface area contributed by atoms with E-state index >= 15 is 0 Å². The number of aromatic nitrogens is 3. The maximum atomic E-state index is 4.23. The van der Waals surface area contributed by atoms with Crippen molar-refractivity contribution in [2.24, 2.45) is 0 Å². The normalized spacial score (nSPS) is 12.3. The lowest BCUT2D eigenvalue weighted by Gasteiger charge is -2.20. The second-order valence-corrected chi connectivity index (χ2v) is 5.82. The summed E-state index contributed by atoms with van der Waals surface area (Å²) in [7, 11) is 0. The molecule has 1 N–H and O–H groups in total. The third kappa shape index (κ3) is 3.85. The first kappa shape index (κ1) is 15.4. The predicted octanol–water partition coefficient (Wildman–Crippen LogP) is 3.43. The summed E-state index contributed by atoms with van der Waals surface area (Å²) in [6.45, 7) is 5.93. The van der Waals surface area contributed by atoms with Crippen LogP contribution in [0, 0.1) is 13.8 Å². The Bertz CT molecular complexity index is 735. The van der Waals surface area contributed by atoms with E-state index in [4.69, 9.17) is 0 Å². The predicted molar refractivity (Wildman–Crippen MR) is 92.0 cm³/mol. The minimum absolute atomic E-state index is 0.192. The number of hydrogen-bond donors (Lipinski definition) is 1. The molecule has 0 saturated carbocycles. The molecule has 4 nitrogen and oxygen atoms in total. The van der Waals surface area contributed by atoms with Crippen LogP contribution in [0.4, 0.5) is 0 Å². The lowest BCUT2D eigenvalue weighted by Crippen LogP contribution is -2.26. The molecule has 0 aliphatic carbocycles. The summed E-state index contributed by atoms with van der Waals surface area (Å²) in [5, 5.41) is 7.90. The maximum absolute atomic E-state index is 4.23. The quantitative estimate of drug-likeness (QED) is 0.759. The van der Waals surface area contributed by atoms with E-state index in [1.807, 2.05) is 10.7 Å². The molecule has 0 radical (unpaired) electrons. The average molecular weight is 306 g/mol. The molecule has 0 aliphatic rings. The van der Waals surface area contributed by atoms with Crippen molar-refractivity contribution in [3.63, 3.8) is 0 Å². The maximum Gasteiger partial charge on any atom is 0.137 e. The molecule has 0 amide bonds. The molecule has 0 spiro atoms. The van der Waals surface area contributed by atoms with Crippen LogP contribution in [0.1, 0.15) is 28.3 Å². The molecule has 3 aromatic rings. The summed E-state index contributed by atoms with van der Waals surface area (Å²) >= 11 is 0. The van der Waals surface area contributed by atoms with Crippen LogP contribution in [0.5, 0.6) is 0 Å². The summed E-state index contributed by atoms with van der Waals surface area (Å²) in [6, 6.07) is 17.1. The summed E-state index contributed by atoms with van der Waals surface area (Å²) < 4.78 is 1.87. The second kappa shape index (κ2) is 7.20. The van der Waals surface area contributed by atoms with Gasteiger partial charge in [-0.05, 0) is 36.1 Å². The van der Waals surface area contributed by atoms with Crippen LogP contribution in [0.25, 0.3) is 0 Å². The van der Waals surface area contributed by atoms with Crippen molar-refractivity contribution in [3.05, 3.63) is 83.4 Å². The fourth-order valence-corrected chi connectivity index (χ4v) is 2.72. The standard InChI is InChI=1S/C19H22N4/c1-15-7-6-10-18(16(15)2)11-21-19(12-23-14-20-13-22-23)17-8-4-3-5-9-17/h3-10,13-14,19,21H,11-12H2,1-2H3. The van der Waals surface area contributed by atoms with Gasteiger partial charge in [-0.2, -0.15) is 5.10 Å². The molecule has 4 heteroatoms. The fourth-order valence-electron chi connectivity index (χ4n) is 2.72. The van der Waals surface area contributed by atoms with Crippen LogP contribution in [0.3, 0.4) is 0 Å². The molecule has 2 aromatic carbocycles. The van der Waals surface area contributed by atoms with Crippen LogP contribution >= 0.6 is 0 Å². The Morgan fingerprint density at radius 3 is 2.61 bits per heavy atom. The van der Waals surface area contributed by atoms with Crippen molar-refractivity contribution in [2.75, 3.05) is 0 Å². The van der Waals surface area contributed by atoms with Gasteiger partial charge in [0.15, 0.2) is 0 Å². The van der Waals surface area contributed by atoms with Gasteiger partial charge in [-0.15, -0.1) is 0 Å². The summed E-state index contributed by atoms with van der Waals surface area (Å²) in [5.74, 6) is 0. The van der Waals surface area contributed by atoms with Crippen LogP contribution in [-0.4, -0.2) is 14.8 Å². The molecule has 1 heterocycles. The molecule has 1 aromatic heterocycles. The van der Waals surface area contributed by atoms with Gasteiger partial charge in [0.25, 0.3) is 0 Å². The summed E-state index contributed by atoms with van der Waals surface area (Å²) in [5.41, 5.74) is 5.28. The van der Waals surface area contributed by atoms with Crippen LogP contribution in [0.15, 0.2) is 61.2 Å². The first-order valence-electron chi connectivity index (χ1n) is 7.90. The molecule has 0 aliphatic heterocycles. The zero-order valence-corrected chi connectivity index (χ0v) is 13.6. The number of nitrogens with zero attached hydrogens (tertiary/aromatic N) is 3. The highest BCUT2D eigenvalue weighted by atomic mass is 15.3. The first-order valence-corrected chi connectivity index (χ1v) is 7.90. The number of benzene rings is 2. The number of nitrogens with one attached hydrogen (secondary N) is 1. The Labute approximate surface area is 137 Å². The smallest absolute Gasteiger partial charge is 0.137 e. The fraction of sp³-hybridized carbons (Fsp3) is 0.263. The number of aryl methyl sites for hydroxylation is 1. The third-order valence-electron chi connectivity index (χ3n) is 4.29. The minimum Gasteiger partial charge on any atom is -0.304 e. The zero-order chi connectivity index (χ0) is 16.1. The largest absolute Gasteiger partial charge is 0.304 e. The zero-order valence-electron chi connectivity index (χ0n) is 13.6. The van der Waals surface area contributed by atoms with E-state index in [1.54, 1.807) is 12.7 Å². The van der Waals surface area contributed by atoms with Crippen molar-refractivity contribution in [1.29, 1.82) is 0 Å². The molecule has 0 fully saturated rings. The van der Waals surface area contributed by atoms with Crippen LogP contribution in [0.2, 0.25) is 0 Å². The SMILES string of the molecule is Cc1cccc(CNC(Cn2cncn2)c2ccccc2)c1C. The molecule has 1 atom stereocenters. The van der Waals surface area contributed by atoms with Gasteiger partial charge in [0, 0.05) is 6.54 Å². The lowest BCUT2D eigenvalue weighted by molar-refractivity contribution is 0.436. The van der Waals surface area contributed by atoms with E-state index < -0.39 is 0 Å². The Morgan fingerprint density at radius 2 is 1.87 bits per heavy atom. The van der Waals surface area contributed by atoms with Gasteiger partial charge in [-0.3, -0.25) is 4.68 Å². The van der Waals surface area contributed by atoms with Gasteiger partial charge in [-0.25, -0.2) is 4.98 Å². The van der Waals surface area contributed by atoms with Crippen LogP contribution in [-0.2, 0) is 13.1 Å². The van der Waals surface area contributed by atoms with E-state index in [-0.39, 0.29) is 6.04 Å². The number of hydrogen-bond acceptors (Lipinski definition) is 3. The average Bonchev–Trinajstić information content (AvgIpc) is 3.09.